The molecular weight excluding hydrogens is 218 g/mol. The highest BCUT2D eigenvalue weighted by atomic mass is 16.5. The highest BCUT2D eigenvalue weighted by molar-refractivity contribution is 5.38. The van der Waals surface area contributed by atoms with Crippen LogP contribution in [0.1, 0.15) is 29.9 Å². The Kier molecular flexibility index (Phi) is 3.39. The quantitative estimate of drug-likeness (QED) is 0.873. The average Bonchev–Trinajstić information content (AvgIpc) is 2.80. The Labute approximate surface area is 99.6 Å². The summed E-state index contributed by atoms with van der Waals surface area (Å²) in [5, 5.41) is 3.68. The highest BCUT2D eigenvalue weighted by Crippen LogP contribution is 2.25. The van der Waals surface area contributed by atoms with Gasteiger partial charge in [0.25, 0.3) is 0 Å². The monoisotopic (exact) mass is 233 g/mol. The maximum Gasteiger partial charge on any atom is 0.213 e. The lowest BCUT2D eigenvalue weighted by Crippen LogP contribution is -2.08. The van der Waals surface area contributed by atoms with Gasteiger partial charge in [-0.1, -0.05) is 22.9 Å². The average molecular weight is 233 g/mol. The third-order valence-electron chi connectivity index (χ3n) is 2.42. The fourth-order valence-corrected chi connectivity index (χ4v) is 1.55. The molecule has 0 spiro atoms. The number of hydrogen-bond donors (Lipinski definition) is 1. The molecule has 0 bridgehead atoms. The lowest BCUT2D eigenvalue weighted by Gasteiger charge is -2.13. The van der Waals surface area contributed by atoms with Crippen LogP contribution in [0.5, 0.6) is 5.75 Å². The Hall–Kier alpha value is -1.88. The van der Waals surface area contributed by atoms with E-state index in [0.717, 1.165) is 16.9 Å². The molecule has 0 amide bonds. The Balaban J connectivity index is 2.14. The van der Waals surface area contributed by atoms with Gasteiger partial charge in [-0.25, -0.2) is 0 Å². The van der Waals surface area contributed by atoms with Crippen molar-refractivity contribution in [3.05, 3.63) is 41.5 Å². The van der Waals surface area contributed by atoms with E-state index in [1.54, 1.807) is 0 Å². The summed E-state index contributed by atoms with van der Waals surface area (Å²) in [6.45, 7) is 4.23. The lowest BCUT2D eigenvalue weighted by molar-refractivity contribution is 0.282. The second-order valence-electron chi connectivity index (χ2n) is 3.97. The first kappa shape index (κ1) is 11.6. The van der Waals surface area contributed by atoms with E-state index in [4.69, 9.17) is 10.5 Å². The van der Waals surface area contributed by atoms with Crippen LogP contribution >= 0.6 is 0 Å². The van der Waals surface area contributed by atoms with Gasteiger partial charge < -0.3 is 15.0 Å². The summed E-state index contributed by atoms with van der Waals surface area (Å²) >= 11 is 0. The second-order valence-corrected chi connectivity index (χ2v) is 3.97. The fraction of sp³-hybridized carbons (Fsp3) is 0.333. The Morgan fingerprint density at radius 3 is 2.94 bits per heavy atom. The first-order valence-corrected chi connectivity index (χ1v) is 5.41. The van der Waals surface area contributed by atoms with Crippen molar-refractivity contribution < 1.29 is 9.26 Å². The van der Waals surface area contributed by atoms with Crippen molar-refractivity contribution in [3.8, 4) is 5.75 Å². The molecular formula is C12H15N3O2. The van der Waals surface area contributed by atoms with Gasteiger partial charge in [-0.3, -0.25) is 0 Å². The molecule has 0 saturated heterocycles. The van der Waals surface area contributed by atoms with Gasteiger partial charge in [0.05, 0.1) is 0 Å². The van der Waals surface area contributed by atoms with Crippen LogP contribution in [0.4, 0.5) is 0 Å². The van der Waals surface area contributed by atoms with Crippen LogP contribution < -0.4 is 10.5 Å². The third-order valence-corrected chi connectivity index (χ3v) is 2.42. The van der Waals surface area contributed by atoms with Crippen LogP contribution in [0.25, 0.3) is 0 Å². The number of aryl methyl sites for hydroxylation is 1. The highest BCUT2D eigenvalue weighted by Gasteiger charge is 2.09. The SMILES string of the molecule is Cc1ccc(OCc2ncon2)c([C@H](C)N)c1. The summed E-state index contributed by atoms with van der Waals surface area (Å²) in [5.41, 5.74) is 8.04. The normalized spacial score (nSPS) is 12.4. The van der Waals surface area contributed by atoms with Crippen molar-refractivity contribution >= 4 is 0 Å². The smallest absolute Gasteiger partial charge is 0.213 e. The topological polar surface area (TPSA) is 74.2 Å². The molecule has 0 aliphatic carbocycles. The molecule has 0 aliphatic rings. The number of hydrogen-bond acceptors (Lipinski definition) is 5. The molecule has 5 heteroatoms. The summed E-state index contributed by atoms with van der Waals surface area (Å²) in [4.78, 5) is 3.89. The maximum atomic E-state index is 5.90. The van der Waals surface area contributed by atoms with Gasteiger partial charge >= 0.3 is 0 Å². The first-order valence-electron chi connectivity index (χ1n) is 5.41. The molecule has 0 aliphatic heterocycles. The zero-order chi connectivity index (χ0) is 12.3. The molecule has 90 valence electrons. The van der Waals surface area contributed by atoms with Crippen molar-refractivity contribution in [2.45, 2.75) is 26.5 Å². The molecule has 17 heavy (non-hydrogen) atoms. The van der Waals surface area contributed by atoms with Crippen LogP contribution in [0.3, 0.4) is 0 Å². The number of benzene rings is 1. The summed E-state index contributed by atoms with van der Waals surface area (Å²) < 4.78 is 10.3. The van der Waals surface area contributed by atoms with Crippen LogP contribution in [0.2, 0.25) is 0 Å². The zero-order valence-electron chi connectivity index (χ0n) is 9.88. The van der Waals surface area contributed by atoms with Crippen molar-refractivity contribution in [2.24, 2.45) is 5.73 Å². The molecule has 0 radical (unpaired) electrons. The van der Waals surface area contributed by atoms with Crippen molar-refractivity contribution in [3.63, 3.8) is 0 Å². The predicted octanol–water partition coefficient (Wildman–Crippen LogP) is 1.98. The van der Waals surface area contributed by atoms with Crippen LogP contribution in [0, 0.1) is 6.92 Å². The van der Waals surface area contributed by atoms with E-state index >= 15 is 0 Å². The molecule has 1 aromatic heterocycles. The van der Waals surface area contributed by atoms with Gasteiger partial charge in [0, 0.05) is 11.6 Å². The minimum Gasteiger partial charge on any atom is -0.485 e. The number of rotatable bonds is 4. The first-order chi connectivity index (χ1) is 8.16. The van der Waals surface area contributed by atoms with Gasteiger partial charge in [0.15, 0.2) is 6.61 Å². The molecule has 2 rings (SSSR count). The van der Waals surface area contributed by atoms with Gasteiger partial charge in [0.2, 0.25) is 12.2 Å². The molecule has 2 N–H and O–H groups in total. The van der Waals surface area contributed by atoms with E-state index in [9.17, 15) is 0 Å². The summed E-state index contributed by atoms with van der Waals surface area (Å²) in [5.74, 6) is 1.27. The van der Waals surface area contributed by atoms with Gasteiger partial charge in [-0.15, -0.1) is 0 Å². The number of nitrogens with two attached hydrogens (primary N) is 1. The van der Waals surface area contributed by atoms with Gasteiger partial charge in [0.1, 0.15) is 5.75 Å². The van der Waals surface area contributed by atoms with Crippen LogP contribution in [-0.4, -0.2) is 10.1 Å². The molecule has 0 fully saturated rings. The van der Waals surface area contributed by atoms with E-state index < -0.39 is 0 Å². The Morgan fingerprint density at radius 1 is 1.47 bits per heavy atom. The van der Waals surface area contributed by atoms with E-state index in [2.05, 4.69) is 14.7 Å². The predicted molar refractivity (Wildman–Crippen MR) is 62.4 cm³/mol. The minimum atomic E-state index is -0.0739. The van der Waals surface area contributed by atoms with E-state index in [1.165, 1.54) is 6.39 Å². The van der Waals surface area contributed by atoms with E-state index in [0.29, 0.717) is 5.82 Å². The molecule has 1 aromatic carbocycles. The summed E-state index contributed by atoms with van der Waals surface area (Å²) in [6, 6.07) is 5.84. The zero-order valence-corrected chi connectivity index (χ0v) is 9.88. The minimum absolute atomic E-state index is 0.0739. The number of aromatic nitrogens is 2. The van der Waals surface area contributed by atoms with Crippen LogP contribution in [-0.2, 0) is 6.61 Å². The molecule has 0 unspecified atom stereocenters. The molecule has 1 atom stereocenters. The summed E-state index contributed by atoms with van der Waals surface area (Å²) in [6.07, 6.45) is 1.28. The summed E-state index contributed by atoms with van der Waals surface area (Å²) in [7, 11) is 0. The molecule has 2 aromatic rings. The van der Waals surface area contributed by atoms with E-state index in [-0.39, 0.29) is 12.6 Å². The maximum absolute atomic E-state index is 5.90. The largest absolute Gasteiger partial charge is 0.485 e. The van der Waals surface area contributed by atoms with Crippen molar-refractivity contribution in [2.75, 3.05) is 0 Å². The van der Waals surface area contributed by atoms with Crippen LogP contribution in [0.15, 0.2) is 29.1 Å². The fourth-order valence-electron chi connectivity index (χ4n) is 1.55. The van der Waals surface area contributed by atoms with Gasteiger partial charge in [-0.2, -0.15) is 4.98 Å². The Morgan fingerprint density at radius 2 is 2.29 bits per heavy atom. The number of ether oxygens (including phenoxy) is 1. The standard InChI is InChI=1S/C12H15N3O2/c1-8-3-4-11(10(5-8)9(2)13)16-6-12-14-7-17-15-12/h3-5,7,9H,6,13H2,1-2H3/t9-/m0/s1. The number of nitrogens with zero attached hydrogens (tertiary/aromatic N) is 2. The van der Waals surface area contributed by atoms with E-state index in [1.807, 2.05) is 32.0 Å². The Bertz CT molecular complexity index is 481. The lowest BCUT2D eigenvalue weighted by atomic mass is 10.1. The second kappa shape index (κ2) is 4.97. The molecule has 0 saturated carbocycles. The molecule has 5 nitrogen and oxygen atoms in total. The van der Waals surface area contributed by atoms with Crippen molar-refractivity contribution in [1.82, 2.24) is 10.1 Å². The van der Waals surface area contributed by atoms with Crippen molar-refractivity contribution in [1.29, 1.82) is 0 Å². The third kappa shape index (κ3) is 2.82. The molecule has 1 heterocycles. The van der Waals surface area contributed by atoms with Gasteiger partial charge in [-0.05, 0) is 19.9 Å².